The molecule has 0 N–H and O–H groups in total. The molecule has 2 nitrogen and oxygen atoms in total. The van der Waals surface area contributed by atoms with Gasteiger partial charge in [-0.25, -0.2) is 0 Å². The van der Waals surface area contributed by atoms with E-state index >= 15 is 0 Å². The van der Waals surface area contributed by atoms with Gasteiger partial charge in [-0.15, -0.1) is 0 Å². The highest BCUT2D eigenvalue weighted by Crippen LogP contribution is 2.25. The van der Waals surface area contributed by atoms with Gasteiger partial charge in [0.05, 0.1) is 0 Å². The maximum Gasteiger partial charge on any atom is 0.0406 e. The number of halogens is 1. The second kappa shape index (κ2) is 8.56. The minimum Gasteiger partial charge on any atom is -0.298 e. The molecular weight excluding hydrogens is 340 g/mol. The van der Waals surface area contributed by atoms with Crippen LogP contribution in [0.2, 0.25) is 5.02 Å². The van der Waals surface area contributed by atoms with E-state index in [0.717, 1.165) is 17.6 Å². The van der Waals surface area contributed by atoms with Crippen molar-refractivity contribution in [1.82, 2.24) is 9.80 Å². The Morgan fingerprint density at radius 1 is 0.731 bits per heavy atom. The predicted octanol–water partition coefficient (Wildman–Crippen LogP) is 5.46. The Kier molecular flexibility index (Phi) is 5.94. The average Bonchev–Trinajstić information content (AvgIpc) is 2.71. The molecule has 0 bridgehead atoms. The molecule has 0 unspecified atom stereocenters. The van der Waals surface area contributed by atoms with E-state index in [1.165, 1.54) is 75.0 Å². The Labute approximate surface area is 162 Å². The highest BCUT2D eigenvalue weighted by Gasteiger charge is 2.24. The van der Waals surface area contributed by atoms with Crippen molar-refractivity contribution < 1.29 is 0 Å². The van der Waals surface area contributed by atoms with Crippen LogP contribution in [0, 0.1) is 0 Å². The number of benzene rings is 2. The second-order valence-corrected chi connectivity index (χ2v) is 8.24. The van der Waals surface area contributed by atoms with Crippen molar-refractivity contribution in [1.29, 1.82) is 0 Å². The zero-order valence-electron chi connectivity index (χ0n) is 15.5. The van der Waals surface area contributed by atoms with Crippen molar-refractivity contribution in [3.8, 4) is 11.1 Å². The van der Waals surface area contributed by atoms with Crippen LogP contribution in [0.15, 0.2) is 48.5 Å². The average molecular weight is 369 g/mol. The zero-order chi connectivity index (χ0) is 17.8. The van der Waals surface area contributed by atoms with Crippen LogP contribution in [0.5, 0.6) is 0 Å². The van der Waals surface area contributed by atoms with Crippen LogP contribution < -0.4 is 0 Å². The molecule has 2 aliphatic rings. The molecule has 2 aromatic carbocycles. The lowest BCUT2D eigenvalue weighted by atomic mass is 9.94. The van der Waals surface area contributed by atoms with Gasteiger partial charge in [0.15, 0.2) is 0 Å². The van der Waals surface area contributed by atoms with E-state index in [1.54, 1.807) is 0 Å². The lowest BCUT2D eigenvalue weighted by Gasteiger charge is -2.40. The third-order valence-electron chi connectivity index (χ3n) is 6.04. The van der Waals surface area contributed by atoms with Crippen LogP contribution in [0.3, 0.4) is 0 Å². The van der Waals surface area contributed by atoms with E-state index in [9.17, 15) is 0 Å². The summed E-state index contributed by atoms with van der Waals surface area (Å²) in [6.07, 6.45) is 7.16. The Hall–Kier alpha value is -1.35. The number of piperazine rings is 1. The topological polar surface area (TPSA) is 6.48 Å². The highest BCUT2D eigenvalue weighted by atomic mass is 35.5. The first-order valence-corrected chi connectivity index (χ1v) is 10.5. The van der Waals surface area contributed by atoms with Crippen molar-refractivity contribution in [2.75, 3.05) is 26.2 Å². The van der Waals surface area contributed by atoms with Crippen LogP contribution in [0.25, 0.3) is 11.1 Å². The Morgan fingerprint density at radius 2 is 1.31 bits per heavy atom. The lowest BCUT2D eigenvalue weighted by molar-refractivity contribution is 0.0755. The third kappa shape index (κ3) is 4.49. The van der Waals surface area contributed by atoms with E-state index in [2.05, 4.69) is 46.2 Å². The van der Waals surface area contributed by atoms with E-state index in [-0.39, 0.29) is 0 Å². The fraction of sp³-hybridized carbons (Fsp3) is 0.478. The van der Waals surface area contributed by atoms with Gasteiger partial charge in [-0.2, -0.15) is 0 Å². The molecule has 26 heavy (non-hydrogen) atoms. The summed E-state index contributed by atoms with van der Waals surface area (Å²) in [5, 5.41) is 0.790. The molecule has 1 heterocycles. The van der Waals surface area contributed by atoms with Gasteiger partial charge in [-0.05, 0) is 41.7 Å². The predicted molar refractivity (Wildman–Crippen MR) is 111 cm³/mol. The monoisotopic (exact) mass is 368 g/mol. The largest absolute Gasteiger partial charge is 0.298 e. The molecular formula is C23H29ClN2. The van der Waals surface area contributed by atoms with Gasteiger partial charge in [0.2, 0.25) is 0 Å². The standard InChI is InChI=1S/C23H29ClN2/c24-22-12-10-21(11-13-22)20-8-6-19(7-9-20)18-25-14-16-26(17-15-25)23-4-2-1-3-5-23/h6-13,23H,1-5,14-18H2. The molecule has 0 amide bonds. The molecule has 4 rings (SSSR count). The van der Waals surface area contributed by atoms with Gasteiger partial charge in [-0.3, -0.25) is 9.80 Å². The van der Waals surface area contributed by atoms with Crippen molar-refractivity contribution in [3.05, 3.63) is 59.1 Å². The zero-order valence-corrected chi connectivity index (χ0v) is 16.3. The molecule has 2 aromatic rings. The van der Waals surface area contributed by atoms with E-state index in [4.69, 9.17) is 11.6 Å². The first-order valence-electron chi connectivity index (χ1n) is 10.1. The molecule has 0 spiro atoms. The van der Waals surface area contributed by atoms with Gasteiger partial charge in [0, 0.05) is 43.8 Å². The van der Waals surface area contributed by atoms with Crippen molar-refractivity contribution in [3.63, 3.8) is 0 Å². The fourth-order valence-corrected chi connectivity index (χ4v) is 4.56. The molecule has 0 radical (unpaired) electrons. The van der Waals surface area contributed by atoms with Crippen LogP contribution >= 0.6 is 11.6 Å². The Bertz CT molecular complexity index is 681. The van der Waals surface area contributed by atoms with Crippen LogP contribution in [-0.2, 0) is 6.54 Å². The van der Waals surface area contributed by atoms with Gasteiger partial charge in [-0.1, -0.05) is 67.3 Å². The first-order chi connectivity index (χ1) is 12.8. The minimum absolute atomic E-state index is 0.790. The van der Waals surface area contributed by atoms with Crippen molar-refractivity contribution in [2.24, 2.45) is 0 Å². The van der Waals surface area contributed by atoms with Crippen LogP contribution in [-0.4, -0.2) is 42.0 Å². The molecule has 3 heteroatoms. The SMILES string of the molecule is Clc1ccc(-c2ccc(CN3CCN(C4CCCCC4)CC3)cc2)cc1. The smallest absolute Gasteiger partial charge is 0.0406 e. The maximum absolute atomic E-state index is 5.98. The summed E-state index contributed by atoms with van der Waals surface area (Å²) in [6.45, 7) is 5.96. The fourth-order valence-electron chi connectivity index (χ4n) is 4.44. The van der Waals surface area contributed by atoms with E-state index in [0.29, 0.717) is 0 Å². The molecule has 0 atom stereocenters. The summed E-state index contributed by atoms with van der Waals surface area (Å²) >= 11 is 5.98. The van der Waals surface area contributed by atoms with Crippen molar-refractivity contribution >= 4 is 11.6 Å². The van der Waals surface area contributed by atoms with Crippen LogP contribution in [0.4, 0.5) is 0 Å². The minimum atomic E-state index is 0.790. The molecule has 1 aliphatic heterocycles. The number of nitrogens with zero attached hydrogens (tertiary/aromatic N) is 2. The van der Waals surface area contributed by atoms with Gasteiger partial charge in [0.1, 0.15) is 0 Å². The van der Waals surface area contributed by atoms with Crippen molar-refractivity contribution in [2.45, 2.75) is 44.7 Å². The Morgan fingerprint density at radius 3 is 1.92 bits per heavy atom. The number of rotatable bonds is 4. The quantitative estimate of drug-likeness (QED) is 0.707. The number of hydrogen-bond donors (Lipinski definition) is 0. The maximum atomic E-state index is 5.98. The summed E-state index contributed by atoms with van der Waals surface area (Å²) in [7, 11) is 0. The molecule has 1 aliphatic carbocycles. The molecule has 1 saturated heterocycles. The lowest BCUT2D eigenvalue weighted by Crippen LogP contribution is -2.50. The number of hydrogen-bond acceptors (Lipinski definition) is 2. The molecule has 1 saturated carbocycles. The molecule has 2 fully saturated rings. The third-order valence-corrected chi connectivity index (χ3v) is 6.29. The van der Waals surface area contributed by atoms with Gasteiger partial charge in [0.25, 0.3) is 0 Å². The summed E-state index contributed by atoms with van der Waals surface area (Å²) in [5.41, 5.74) is 3.89. The summed E-state index contributed by atoms with van der Waals surface area (Å²) in [6, 6.07) is 18.0. The summed E-state index contributed by atoms with van der Waals surface area (Å²) in [4.78, 5) is 5.36. The van der Waals surface area contributed by atoms with Crippen LogP contribution in [0.1, 0.15) is 37.7 Å². The normalized spacial score (nSPS) is 20.3. The van der Waals surface area contributed by atoms with Gasteiger partial charge >= 0.3 is 0 Å². The Balaban J connectivity index is 1.30. The summed E-state index contributed by atoms with van der Waals surface area (Å²) in [5.74, 6) is 0. The highest BCUT2D eigenvalue weighted by molar-refractivity contribution is 6.30. The second-order valence-electron chi connectivity index (χ2n) is 7.81. The van der Waals surface area contributed by atoms with E-state index < -0.39 is 0 Å². The van der Waals surface area contributed by atoms with E-state index in [1.807, 2.05) is 12.1 Å². The van der Waals surface area contributed by atoms with Gasteiger partial charge < -0.3 is 0 Å². The first kappa shape index (κ1) is 18.0. The summed E-state index contributed by atoms with van der Waals surface area (Å²) < 4.78 is 0. The molecule has 0 aromatic heterocycles. The molecule has 138 valence electrons.